The molecule has 0 amide bonds. The highest BCUT2D eigenvalue weighted by atomic mass is 16.5. The van der Waals surface area contributed by atoms with Gasteiger partial charge in [0.05, 0.1) is 6.61 Å². The van der Waals surface area contributed by atoms with Gasteiger partial charge in [-0.2, -0.15) is 0 Å². The van der Waals surface area contributed by atoms with Crippen molar-refractivity contribution < 1.29 is 29.3 Å². The van der Waals surface area contributed by atoms with E-state index in [0.29, 0.717) is 0 Å². The Balaban J connectivity index is 0.000000205. The maximum atomic E-state index is 10.8. The molecule has 2 bridgehead atoms. The third-order valence-corrected chi connectivity index (χ3v) is 2.81. The zero-order valence-corrected chi connectivity index (χ0v) is 11.8. The first-order chi connectivity index (χ1) is 10.5. The first kappa shape index (κ1) is 15.4. The number of aromatic carboxylic acids is 2. The second-order valence-electron chi connectivity index (χ2n) is 4.30. The summed E-state index contributed by atoms with van der Waals surface area (Å²) in [5, 5.41) is 17.7. The Bertz CT molecular complexity index is 651. The summed E-state index contributed by atoms with van der Waals surface area (Å²) < 4.78 is 10.0. The van der Waals surface area contributed by atoms with Crippen LogP contribution in [0, 0.1) is 0 Å². The molecule has 0 saturated heterocycles. The minimum atomic E-state index is -1.21. The molecule has 2 aliphatic rings. The predicted octanol–water partition coefficient (Wildman–Crippen LogP) is 3.27. The average Bonchev–Trinajstić information content (AvgIpc) is 2.48. The molecule has 114 valence electrons. The van der Waals surface area contributed by atoms with Crippen molar-refractivity contribution in [2.24, 2.45) is 0 Å². The summed E-state index contributed by atoms with van der Waals surface area (Å²) in [6.45, 7) is 1.87. The van der Waals surface area contributed by atoms with Gasteiger partial charge in [0, 0.05) is 6.07 Å². The monoisotopic (exact) mass is 302 g/mol. The maximum Gasteiger partial charge on any atom is 0.339 e. The van der Waals surface area contributed by atoms with Crippen LogP contribution in [0.25, 0.3) is 0 Å². The molecule has 0 aliphatic carbocycles. The number of carbonyl (C=O) groups is 2. The highest BCUT2D eigenvalue weighted by Gasteiger charge is 2.18. The Morgan fingerprint density at radius 1 is 1.00 bits per heavy atom. The zero-order valence-electron chi connectivity index (χ0n) is 11.8. The normalized spacial score (nSPS) is 10.4. The number of rotatable bonds is 4. The molecule has 0 fully saturated rings. The first-order valence-corrected chi connectivity index (χ1v) is 6.53. The summed E-state index contributed by atoms with van der Waals surface area (Å²) in [6, 6.07) is 11.8. The van der Waals surface area contributed by atoms with Crippen molar-refractivity contribution in [3.8, 4) is 17.2 Å². The summed E-state index contributed by atoms with van der Waals surface area (Å²) in [4.78, 5) is 21.6. The van der Waals surface area contributed by atoms with Crippen LogP contribution in [-0.2, 0) is 0 Å². The molecule has 0 atom stereocenters. The van der Waals surface area contributed by atoms with E-state index in [1.165, 1.54) is 18.2 Å². The second-order valence-corrected chi connectivity index (χ2v) is 4.30. The van der Waals surface area contributed by atoms with E-state index in [1.807, 2.05) is 24.3 Å². The number of hydrogen-bond acceptors (Lipinski definition) is 4. The van der Waals surface area contributed by atoms with E-state index in [-0.39, 0.29) is 23.5 Å². The van der Waals surface area contributed by atoms with E-state index >= 15 is 0 Å². The molecular formula is C16H14O6. The Hall–Kier alpha value is -3.02. The highest BCUT2D eigenvalue weighted by Crippen LogP contribution is 2.32. The van der Waals surface area contributed by atoms with E-state index in [9.17, 15) is 9.59 Å². The van der Waals surface area contributed by atoms with Crippen molar-refractivity contribution in [3.05, 3.63) is 53.6 Å². The van der Waals surface area contributed by atoms with E-state index in [1.54, 1.807) is 6.92 Å². The lowest BCUT2D eigenvalue weighted by atomic mass is 10.1. The summed E-state index contributed by atoms with van der Waals surface area (Å²) in [7, 11) is 0. The number of benzene rings is 2. The summed E-state index contributed by atoms with van der Waals surface area (Å²) in [5.74, 6) is -0.543. The Morgan fingerprint density at radius 3 is 1.73 bits per heavy atom. The fraction of sp³-hybridized carbons (Fsp3) is 0.125. The van der Waals surface area contributed by atoms with Crippen LogP contribution in [0.2, 0.25) is 0 Å². The number of carboxylic acid groups (broad SMARTS) is 2. The van der Waals surface area contributed by atoms with Crippen LogP contribution in [0.4, 0.5) is 0 Å². The molecule has 6 nitrogen and oxygen atoms in total. The Labute approximate surface area is 126 Å². The summed E-state index contributed by atoms with van der Waals surface area (Å²) >= 11 is 0. The smallest absolute Gasteiger partial charge is 0.339 e. The van der Waals surface area contributed by atoms with Crippen LogP contribution in [0.1, 0.15) is 27.6 Å². The molecule has 2 aliphatic heterocycles. The fourth-order valence-corrected chi connectivity index (χ4v) is 1.85. The lowest BCUT2D eigenvalue weighted by Crippen LogP contribution is -2.08. The van der Waals surface area contributed by atoms with Crippen molar-refractivity contribution in [1.29, 1.82) is 0 Å². The maximum absolute atomic E-state index is 10.8. The van der Waals surface area contributed by atoms with Crippen molar-refractivity contribution in [2.45, 2.75) is 6.92 Å². The molecule has 2 heterocycles. The second kappa shape index (κ2) is 6.62. The van der Waals surface area contributed by atoms with E-state index in [0.717, 1.165) is 11.5 Å². The number of hydrogen-bond donors (Lipinski definition) is 2. The van der Waals surface area contributed by atoms with Crippen LogP contribution in [0.15, 0.2) is 42.5 Å². The molecule has 0 unspecified atom stereocenters. The van der Waals surface area contributed by atoms with Crippen molar-refractivity contribution in [1.82, 2.24) is 0 Å². The lowest BCUT2D eigenvalue weighted by Gasteiger charge is -2.13. The van der Waals surface area contributed by atoms with Gasteiger partial charge in [-0.3, -0.25) is 0 Å². The van der Waals surface area contributed by atoms with Gasteiger partial charge in [-0.05, 0) is 31.2 Å². The molecule has 0 radical (unpaired) electrons. The van der Waals surface area contributed by atoms with Gasteiger partial charge < -0.3 is 19.7 Å². The van der Waals surface area contributed by atoms with Crippen LogP contribution in [0.5, 0.6) is 17.2 Å². The van der Waals surface area contributed by atoms with Gasteiger partial charge in [0.15, 0.2) is 0 Å². The largest absolute Gasteiger partial charge is 0.492 e. The third-order valence-electron chi connectivity index (χ3n) is 2.81. The minimum absolute atomic E-state index is 0.0972. The van der Waals surface area contributed by atoms with Crippen molar-refractivity contribution >= 4 is 11.9 Å². The van der Waals surface area contributed by atoms with E-state index in [2.05, 4.69) is 0 Å². The Kier molecular flexibility index (Phi) is 4.63. The fourth-order valence-electron chi connectivity index (χ4n) is 1.85. The minimum Gasteiger partial charge on any atom is -0.492 e. The molecule has 2 N–H and O–H groups in total. The number of fused-ring (bicyclic) bond motifs is 2. The molecule has 2 aromatic rings. The van der Waals surface area contributed by atoms with Crippen LogP contribution in [-0.4, -0.2) is 28.8 Å². The Morgan fingerprint density at radius 2 is 1.45 bits per heavy atom. The molecular weight excluding hydrogens is 288 g/mol. The van der Waals surface area contributed by atoms with Crippen molar-refractivity contribution in [3.63, 3.8) is 0 Å². The number of carboxylic acids is 2. The molecule has 6 heteroatoms. The topological polar surface area (TPSA) is 93.1 Å². The zero-order chi connectivity index (χ0) is 16.1. The van der Waals surface area contributed by atoms with Crippen LogP contribution in [0.3, 0.4) is 0 Å². The van der Waals surface area contributed by atoms with E-state index in [4.69, 9.17) is 19.7 Å². The van der Waals surface area contributed by atoms with E-state index < -0.39 is 11.9 Å². The van der Waals surface area contributed by atoms with Crippen molar-refractivity contribution in [2.75, 3.05) is 6.61 Å². The SMILES string of the molecule is CCOc1c(C(=O)O)cccc1C(=O)O.c1cc2cc(c1)O2. The predicted molar refractivity (Wildman–Crippen MR) is 78.0 cm³/mol. The quantitative estimate of drug-likeness (QED) is 0.768. The number of para-hydroxylation sites is 1. The van der Waals surface area contributed by atoms with Gasteiger partial charge in [-0.15, -0.1) is 0 Å². The molecule has 4 rings (SSSR count). The van der Waals surface area contributed by atoms with Gasteiger partial charge in [0.2, 0.25) is 0 Å². The molecule has 0 saturated carbocycles. The standard InChI is InChI=1S/C10H10O5.C6H4O/c1-2-15-8-6(9(11)12)4-3-5-7(8)10(13)14;1-2-5-4-6(3-1)7-5/h3-5H,2H2,1H3,(H,11,12)(H,13,14);1-4H. The highest BCUT2D eigenvalue weighted by molar-refractivity contribution is 5.98. The van der Waals surface area contributed by atoms with Gasteiger partial charge in [-0.25, -0.2) is 9.59 Å². The molecule has 2 aromatic carbocycles. The van der Waals surface area contributed by atoms with Crippen LogP contribution < -0.4 is 9.47 Å². The molecule has 0 aromatic heterocycles. The van der Waals surface area contributed by atoms with Crippen LogP contribution >= 0.6 is 0 Å². The first-order valence-electron chi connectivity index (χ1n) is 6.53. The van der Waals surface area contributed by atoms with Gasteiger partial charge in [-0.1, -0.05) is 12.1 Å². The van der Waals surface area contributed by atoms with Gasteiger partial charge in [0.1, 0.15) is 28.4 Å². The summed E-state index contributed by atoms with van der Waals surface area (Å²) in [5.41, 5.74) is -0.284. The summed E-state index contributed by atoms with van der Waals surface area (Å²) in [6.07, 6.45) is 0. The molecule has 0 spiro atoms. The third kappa shape index (κ3) is 3.35. The average molecular weight is 302 g/mol. The molecule has 22 heavy (non-hydrogen) atoms. The number of ether oxygens (including phenoxy) is 2. The van der Waals surface area contributed by atoms with Gasteiger partial charge in [0.25, 0.3) is 0 Å². The lowest BCUT2D eigenvalue weighted by molar-refractivity contribution is 0.0689. The van der Waals surface area contributed by atoms with Gasteiger partial charge >= 0.3 is 11.9 Å².